The smallest absolute Gasteiger partial charge is 0.270 e. The Bertz CT molecular complexity index is 982. The SMILES string of the molecule is Cc1ccc2c(c1)N(CCC(=O)N1CCN(c3ccc(F)cc3)CC1)C(=O)C(C)(C)O2. The molecule has 0 bridgehead atoms. The molecule has 2 heterocycles. The molecule has 7 heteroatoms. The first-order valence-electron chi connectivity index (χ1n) is 10.6. The molecule has 0 radical (unpaired) electrons. The number of carbonyl (C=O) groups is 2. The minimum Gasteiger partial charge on any atom is -0.476 e. The van der Waals surface area contributed by atoms with Gasteiger partial charge in [0.1, 0.15) is 11.6 Å². The minimum atomic E-state index is -0.966. The van der Waals surface area contributed by atoms with Crippen LogP contribution in [0.4, 0.5) is 15.8 Å². The van der Waals surface area contributed by atoms with Crippen molar-refractivity contribution in [3.8, 4) is 5.75 Å². The van der Waals surface area contributed by atoms with Gasteiger partial charge in [-0.15, -0.1) is 0 Å². The summed E-state index contributed by atoms with van der Waals surface area (Å²) in [4.78, 5) is 31.5. The second-order valence-corrected chi connectivity index (χ2v) is 8.63. The third kappa shape index (κ3) is 4.36. The Morgan fingerprint density at radius 2 is 1.74 bits per heavy atom. The van der Waals surface area contributed by atoms with E-state index in [-0.39, 0.29) is 24.1 Å². The Labute approximate surface area is 182 Å². The molecule has 2 aromatic rings. The van der Waals surface area contributed by atoms with Gasteiger partial charge in [0, 0.05) is 44.8 Å². The predicted molar refractivity (Wildman–Crippen MR) is 118 cm³/mol. The molecule has 2 aliphatic rings. The second-order valence-electron chi connectivity index (χ2n) is 8.63. The van der Waals surface area contributed by atoms with Gasteiger partial charge >= 0.3 is 0 Å². The van der Waals surface area contributed by atoms with Gasteiger partial charge in [-0.3, -0.25) is 9.59 Å². The first-order chi connectivity index (χ1) is 14.7. The third-order valence-corrected chi connectivity index (χ3v) is 5.90. The molecule has 6 nitrogen and oxygen atoms in total. The van der Waals surface area contributed by atoms with Crippen LogP contribution in [0.3, 0.4) is 0 Å². The summed E-state index contributed by atoms with van der Waals surface area (Å²) >= 11 is 0. The zero-order chi connectivity index (χ0) is 22.2. The number of ether oxygens (including phenoxy) is 1. The number of halogens is 1. The summed E-state index contributed by atoms with van der Waals surface area (Å²) in [6, 6.07) is 12.2. The molecule has 0 spiro atoms. The van der Waals surface area contributed by atoms with E-state index < -0.39 is 5.60 Å². The van der Waals surface area contributed by atoms with Gasteiger partial charge in [-0.05, 0) is 62.7 Å². The number of carbonyl (C=O) groups excluding carboxylic acids is 2. The van der Waals surface area contributed by atoms with Gasteiger partial charge in [-0.1, -0.05) is 6.07 Å². The maximum Gasteiger partial charge on any atom is 0.270 e. The van der Waals surface area contributed by atoms with E-state index in [0.29, 0.717) is 38.5 Å². The Balaban J connectivity index is 1.38. The molecule has 2 aromatic carbocycles. The van der Waals surface area contributed by atoms with Gasteiger partial charge < -0.3 is 19.4 Å². The highest BCUT2D eigenvalue weighted by atomic mass is 19.1. The van der Waals surface area contributed by atoms with Gasteiger partial charge in [-0.2, -0.15) is 0 Å². The van der Waals surface area contributed by atoms with Gasteiger partial charge in [0.05, 0.1) is 5.69 Å². The number of anilines is 2. The lowest BCUT2D eigenvalue weighted by molar-refractivity contribution is -0.133. The Hall–Kier alpha value is -3.09. The van der Waals surface area contributed by atoms with E-state index in [1.54, 1.807) is 30.9 Å². The van der Waals surface area contributed by atoms with E-state index in [9.17, 15) is 14.0 Å². The van der Waals surface area contributed by atoms with Crippen molar-refractivity contribution in [1.82, 2.24) is 4.90 Å². The number of amides is 2. The van der Waals surface area contributed by atoms with Crippen LogP contribution in [-0.2, 0) is 9.59 Å². The average molecular weight is 426 g/mol. The molecule has 0 N–H and O–H groups in total. The van der Waals surface area contributed by atoms with E-state index in [2.05, 4.69) is 4.90 Å². The number of hydrogen-bond acceptors (Lipinski definition) is 4. The van der Waals surface area contributed by atoms with E-state index >= 15 is 0 Å². The van der Waals surface area contributed by atoms with Crippen LogP contribution < -0.4 is 14.5 Å². The summed E-state index contributed by atoms with van der Waals surface area (Å²) in [5.74, 6) is 0.301. The molecular formula is C24H28FN3O3. The maximum atomic E-state index is 13.1. The van der Waals surface area contributed by atoms with Crippen LogP contribution in [0.5, 0.6) is 5.75 Å². The van der Waals surface area contributed by atoms with Crippen LogP contribution in [-0.4, -0.2) is 55.0 Å². The molecule has 0 atom stereocenters. The monoisotopic (exact) mass is 425 g/mol. The molecule has 0 saturated carbocycles. The Kier molecular flexibility index (Phi) is 5.60. The van der Waals surface area contributed by atoms with Crippen molar-refractivity contribution in [2.45, 2.75) is 32.8 Å². The summed E-state index contributed by atoms with van der Waals surface area (Å²) in [7, 11) is 0. The molecular weight excluding hydrogens is 397 g/mol. The van der Waals surface area contributed by atoms with Crippen LogP contribution in [0.15, 0.2) is 42.5 Å². The lowest BCUT2D eigenvalue weighted by Gasteiger charge is -2.39. The fraction of sp³-hybridized carbons (Fsp3) is 0.417. The largest absolute Gasteiger partial charge is 0.476 e. The van der Waals surface area contributed by atoms with Crippen molar-refractivity contribution in [3.05, 3.63) is 53.8 Å². The number of benzene rings is 2. The molecule has 1 fully saturated rings. The van der Waals surface area contributed by atoms with Crippen LogP contribution in [0.25, 0.3) is 0 Å². The summed E-state index contributed by atoms with van der Waals surface area (Å²) in [6.45, 7) is 8.39. The number of aryl methyl sites for hydroxylation is 1. The number of nitrogens with zero attached hydrogens (tertiary/aromatic N) is 3. The Morgan fingerprint density at radius 1 is 1.06 bits per heavy atom. The zero-order valence-electron chi connectivity index (χ0n) is 18.2. The zero-order valence-corrected chi connectivity index (χ0v) is 18.2. The van der Waals surface area contributed by atoms with Gasteiger partial charge in [0.15, 0.2) is 5.60 Å². The first-order valence-corrected chi connectivity index (χ1v) is 10.6. The van der Waals surface area contributed by atoms with E-state index in [1.165, 1.54) is 12.1 Å². The molecule has 4 rings (SSSR count). The van der Waals surface area contributed by atoms with Crippen molar-refractivity contribution < 1.29 is 18.7 Å². The van der Waals surface area contributed by atoms with Crippen LogP contribution in [0.1, 0.15) is 25.8 Å². The number of hydrogen-bond donors (Lipinski definition) is 0. The molecule has 164 valence electrons. The quantitative estimate of drug-likeness (QED) is 0.754. The van der Waals surface area contributed by atoms with E-state index in [0.717, 1.165) is 16.9 Å². The van der Waals surface area contributed by atoms with Crippen molar-refractivity contribution in [1.29, 1.82) is 0 Å². The predicted octanol–water partition coefficient (Wildman–Crippen LogP) is 3.38. The Morgan fingerprint density at radius 3 is 2.42 bits per heavy atom. The maximum absolute atomic E-state index is 13.1. The third-order valence-electron chi connectivity index (χ3n) is 5.90. The topological polar surface area (TPSA) is 53.1 Å². The number of rotatable bonds is 4. The second kappa shape index (κ2) is 8.21. The normalized spacial score (nSPS) is 17.9. The van der Waals surface area contributed by atoms with E-state index in [1.807, 2.05) is 30.0 Å². The minimum absolute atomic E-state index is 0.0325. The number of piperazine rings is 1. The van der Waals surface area contributed by atoms with E-state index in [4.69, 9.17) is 4.74 Å². The highest BCUT2D eigenvalue weighted by molar-refractivity contribution is 6.02. The fourth-order valence-corrected chi connectivity index (χ4v) is 4.13. The van der Waals surface area contributed by atoms with Crippen molar-refractivity contribution in [2.24, 2.45) is 0 Å². The summed E-state index contributed by atoms with van der Waals surface area (Å²) in [5.41, 5.74) is 1.74. The fourth-order valence-electron chi connectivity index (χ4n) is 4.13. The van der Waals surface area contributed by atoms with Gasteiger partial charge in [0.2, 0.25) is 5.91 Å². The molecule has 2 amide bonds. The average Bonchev–Trinajstić information content (AvgIpc) is 2.75. The lowest BCUT2D eigenvalue weighted by atomic mass is 10.0. The van der Waals surface area contributed by atoms with Gasteiger partial charge in [-0.25, -0.2) is 4.39 Å². The summed E-state index contributed by atoms with van der Waals surface area (Å²) in [6.07, 6.45) is 0.256. The highest BCUT2D eigenvalue weighted by Crippen LogP contribution is 2.38. The highest BCUT2D eigenvalue weighted by Gasteiger charge is 2.41. The molecule has 1 saturated heterocycles. The van der Waals surface area contributed by atoms with Crippen molar-refractivity contribution in [2.75, 3.05) is 42.5 Å². The molecule has 0 aliphatic carbocycles. The number of fused-ring (bicyclic) bond motifs is 1. The summed E-state index contributed by atoms with van der Waals surface area (Å²) < 4.78 is 19.0. The molecule has 0 unspecified atom stereocenters. The van der Waals surface area contributed by atoms with Crippen LogP contribution in [0.2, 0.25) is 0 Å². The summed E-state index contributed by atoms with van der Waals surface area (Å²) in [5, 5.41) is 0. The molecule has 2 aliphatic heterocycles. The van der Waals surface area contributed by atoms with Crippen molar-refractivity contribution >= 4 is 23.2 Å². The standard InChI is InChI=1S/C24H28FN3O3/c1-17-4-9-21-20(16-17)28(23(30)24(2,3)31-21)11-10-22(29)27-14-12-26(13-15-27)19-7-5-18(25)6-8-19/h4-9,16H,10-15H2,1-3H3. The van der Waals surface area contributed by atoms with Crippen LogP contribution in [0, 0.1) is 12.7 Å². The first kappa shape index (κ1) is 21.2. The van der Waals surface area contributed by atoms with Crippen LogP contribution >= 0.6 is 0 Å². The molecule has 31 heavy (non-hydrogen) atoms. The lowest BCUT2D eigenvalue weighted by Crippen LogP contribution is -2.54. The van der Waals surface area contributed by atoms with Crippen molar-refractivity contribution in [3.63, 3.8) is 0 Å². The van der Waals surface area contributed by atoms with Gasteiger partial charge in [0.25, 0.3) is 5.91 Å². The molecule has 0 aromatic heterocycles.